The predicted molar refractivity (Wildman–Crippen MR) is 121 cm³/mol. The van der Waals surface area contributed by atoms with Gasteiger partial charge in [-0.1, -0.05) is 45.4 Å². The molecule has 0 fully saturated rings. The van der Waals surface area contributed by atoms with Gasteiger partial charge >= 0.3 is 5.97 Å². The Kier molecular flexibility index (Phi) is 7.57. The van der Waals surface area contributed by atoms with Crippen molar-refractivity contribution in [3.8, 4) is 0 Å². The van der Waals surface area contributed by atoms with Gasteiger partial charge in [-0.3, -0.25) is 14.9 Å². The quantitative estimate of drug-likeness (QED) is 0.519. The molecular formula is C24H32N2O3. The number of rotatable bonds is 6. The first-order valence-corrected chi connectivity index (χ1v) is 10.3. The van der Waals surface area contributed by atoms with Crippen LogP contribution in [0.4, 0.5) is 0 Å². The van der Waals surface area contributed by atoms with Gasteiger partial charge in [0.1, 0.15) is 6.04 Å². The number of para-hydroxylation sites is 1. The molecule has 0 aliphatic carbocycles. The molecule has 2 aromatic carbocycles. The molecule has 1 atom stereocenters. The Morgan fingerprint density at radius 2 is 1.69 bits per heavy atom. The third-order valence-corrected chi connectivity index (χ3v) is 4.96. The highest BCUT2D eigenvalue weighted by Crippen LogP contribution is 2.18. The monoisotopic (exact) mass is 396 g/mol. The van der Waals surface area contributed by atoms with Crippen molar-refractivity contribution in [1.82, 2.24) is 10.3 Å². The van der Waals surface area contributed by atoms with Crippen LogP contribution in [0.15, 0.2) is 47.3 Å². The topological polar surface area (TPSA) is 82.2 Å². The van der Waals surface area contributed by atoms with E-state index in [0.29, 0.717) is 17.2 Å². The molecule has 0 spiro atoms. The van der Waals surface area contributed by atoms with Crippen LogP contribution in [0.5, 0.6) is 0 Å². The Hall–Kier alpha value is -2.66. The van der Waals surface area contributed by atoms with Gasteiger partial charge < -0.3 is 10.1 Å². The van der Waals surface area contributed by atoms with Gasteiger partial charge in [0.2, 0.25) is 0 Å². The van der Waals surface area contributed by atoms with E-state index in [1.54, 1.807) is 12.1 Å². The Morgan fingerprint density at radius 1 is 1.07 bits per heavy atom. The minimum atomic E-state index is -0.890. The lowest BCUT2D eigenvalue weighted by molar-refractivity contribution is -0.140. The molecule has 3 N–H and O–H groups in total. The third kappa shape index (κ3) is 5.67. The standard InChI is InChI=1S/C21H24N2O3.C3H8/c1-4-21(2,3)23-18(20(25)26)12-13-9-10-17-15(11-13)19(24)14-7-5-6-8-16(14)22-17;1-3-2/h5-11,18,23H,4,12H2,1-3H3,(H,22,24)(H,25,26);3H2,1-2H3. The van der Waals surface area contributed by atoms with Crippen molar-refractivity contribution in [2.75, 3.05) is 0 Å². The third-order valence-electron chi connectivity index (χ3n) is 4.96. The number of pyridine rings is 1. The number of carboxylic acid groups (broad SMARTS) is 1. The smallest absolute Gasteiger partial charge is 0.321 e. The van der Waals surface area contributed by atoms with Crippen LogP contribution in [-0.4, -0.2) is 27.6 Å². The second-order valence-electron chi connectivity index (χ2n) is 8.06. The molecule has 1 aromatic heterocycles. The SMILES string of the molecule is CCC.CCC(C)(C)NC(Cc1ccc2[nH]c3ccccc3c(=O)c2c1)C(=O)O. The molecule has 0 aliphatic rings. The van der Waals surface area contributed by atoms with E-state index in [0.717, 1.165) is 23.0 Å². The molecule has 0 radical (unpaired) electrons. The van der Waals surface area contributed by atoms with Gasteiger partial charge in [0.15, 0.2) is 5.43 Å². The predicted octanol–water partition coefficient (Wildman–Crippen LogP) is 4.87. The number of nitrogens with one attached hydrogen (secondary N) is 2. The first-order valence-electron chi connectivity index (χ1n) is 10.3. The van der Waals surface area contributed by atoms with Crippen LogP contribution in [0.1, 0.15) is 53.0 Å². The van der Waals surface area contributed by atoms with Crippen LogP contribution in [0, 0.1) is 0 Å². The number of H-pyrrole nitrogens is 1. The van der Waals surface area contributed by atoms with Crippen molar-refractivity contribution >= 4 is 27.8 Å². The molecule has 156 valence electrons. The molecular weight excluding hydrogens is 364 g/mol. The Bertz CT molecular complexity index is 1040. The van der Waals surface area contributed by atoms with Gasteiger partial charge in [-0.05, 0) is 56.5 Å². The zero-order chi connectivity index (χ0) is 21.6. The Balaban J connectivity index is 0.000000941. The largest absolute Gasteiger partial charge is 0.480 e. The number of aromatic amines is 1. The number of aliphatic carboxylic acids is 1. The summed E-state index contributed by atoms with van der Waals surface area (Å²) in [5.74, 6) is -0.890. The molecule has 3 rings (SSSR count). The average molecular weight is 397 g/mol. The summed E-state index contributed by atoms with van der Waals surface area (Å²) in [6.07, 6.45) is 2.39. The van der Waals surface area contributed by atoms with Crippen molar-refractivity contribution in [3.05, 3.63) is 58.3 Å². The summed E-state index contributed by atoms with van der Waals surface area (Å²) in [5, 5.41) is 14.0. The second-order valence-corrected chi connectivity index (χ2v) is 8.06. The molecule has 3 aromatic rings. The minimum Gasteiger partial charge on any atom is -0.480 e. The van der Waals surface area contributed by atoms with Crippen LogP contribution < -0.4 is 10.7 Å². The molecule has 1 heterocycles. The van der Waals surface area contributed by atoms with E-state index >= 15 is 0 Å². The zero-order valence-electron chi connectivity index (χ0n) is 18.0. The van der Waals surface area contributed by atoms with E-state index in [1.165, 1.54) is 6.42 Å². The van der Waals surface area contributed by atoms with E-state index in [-0.39, 0.29) is 11.0 Å². The molecule has 5 heteroatoms. The van der Waals surface area contributed by atoms with Crippen molar-refractivity contribution in [3.63, 3.8) is 0 Å². The summed E-state index contributed by atoms with van der Waals surface area (Å²) in [6, 6.07) is 12.2. The molecule has 0 amide bonds. The number of aromatic nitrogens is 1. The second kappa shape index (κ2) is 9.70. The molecule has 0 aliphatic heterocycles. The molecule has 0 saturated carbocycles. The van der Waals surface area contributed by atoms with Gasteiger partial charge in [0.25, 0.3) is 0 Å². The summed E-state index contributed by atoms with van der Waals surface area (Å²) >= 11 is 0. The van der Waals surface area contributed by atoms with Gasteiger partial charge in [0.05, 0.1) is 0 Å². The van der Waals surface area contributed by atoms with E-state index in [4.69, 9.17) is 0 Å². The van der Waals surface area contributed by atoms with Gasteiger partial charge in [0, 0.05) is 27.3 Å². The zero-order valence-corrected chi connectivity index (χ0v) is 18.0. The number of carboxylic acids is 1. The number of benzene rings is 2. The van der Waals surface area contributed by atoms with Crippen molar-refractivity contribution in [2.24, 2.45) is 0 Å². The van der Waals surface area contributed by atoms with Crippen molar-refractivity contribution < 1.29 is 9.90 Å². The highest BCUT2D eigenvalue weighted by atomic mass is 16.4. The number of fused-ring (bicyclic) bond motifs is 2. The van der Waals surface area contributed by atoms with E-state index in [1.807, 2.05) is 51.1 Å². The van der Waals surface area contributed by atoms with Gasteiger partial charge in [-0.2, -0.15) is 0 Å². The molecule has 0 bridgehead atoms. The summed E-state index contributed by atoms with van der Waals surface area (Å²) in [5.41, 5.74) is 2.07. The van der Waals surface area contributed by atoms with Crippen LogP contribution in [-0.2, 0) is 11.2 Å². The molecule has 29 heavy (non-hydrogen) atoms. The van der Waals surface area contributed by atoms with E-state index in [2.05, 4.69) is 24.1 Å². The summed E-state index contributed by atoms with van der Waals surface area (Å²) < 4.78 is 0. The van der Waals surface area contributed by atoms with Gasteiger partial charge in [-0.15, -0.1) is 0 Å². The molecule has 0 saturated heterocycles. The Labute approximate surface area is 172 Å². The maximum absolute atomic E-state index is 12.8. The fraction of sp³-hybridized carbons (Fsp3) is 0.417. The Morgan fingerprint density at radius 3 is 2.31 bits per heavy atom. The van der Waals surface area contributed by atoms with Crippen LogP contribution in [0.25, 0.3) is 21.8 Å². The average Bonchev–Trinajstić information content (AvgIpc) is 2.68. The summed E-state index contributed by atoms with van der Waals surface area (Å²) in [7, 11) is 0. The number of hydrogen-bond acceptors (Lipinski definition) is 3. The number of carbonyl (C=O) groups is 1. The number of hydrogen-bond donors (Lipinski definition) is 3. The molecule has 5 nitrogen and oxygen atoms in total. The lowest BCUT2D eigenvalue weighted by atomic mass is 9.97. The summed E-state index contributed by atoms with van der Waals surface area (Å²) in [4.78, 5) is 27.7. The van der Waals surface area contributed by atoms with Crippen molar-refractivity contribution in [1.29, 1.82) is 0 Å². The maximum Gasteiger partial charge on any atom is 0.321 e. The van der Waals surface area contributed by atoms with E-state index < -0.39 is 12.0 Å². The van der Waals surface area contributed by atoms with E-state index in [9.17, 15) is 14.7 Å². The minimum absolute atomic E-state index is 0.0371. The molecule has 1 unspecified atom stereocenters. The fourth-order valence-corrected chi connectivity index (χ4v) is 3.11. The van der Waals surface area contributed by atoms with Gasteiger partial charge in [-0.25, -0.2) is 0 Å². The van der Waals surface area contributed by atoms with Crippen molar-refractivity contribution in [2.45, 2.75) is 65.5 Å². The van der Waals surface area contributed by atoms with Crippen LogP contribution in [0.2, 0.25) is 0 Å². The summed E-state index contributed by atoms with van der Waals surface area (Å²) in [6.45, 7) is 10.2. The highest BCUT2D eigenvalue weighted by Gasteiger charge is 2.25. The maximum atomic E-state index is 12.8. The lowest BCUT2D eigenvalue weighted by Gasteiger charge is -2.29. The fourth-order valence-electron chi connectivity index (χ4n) is 3.11. The van der Waals surface area contributed by atoms with Crippen LogP contribution in [0.3, 0.4) is 0 Å². The highest BCUT2D eigenvalue weighted by molar-refractivity contribution is 5.92. The lowest BCUT2D eigenvalue weighted by Crippen LogP contribution is -2.50. The normalized spacial score (nSPS) is 12.4. The first-order chi connectivity index (χ1) is 13.7. The van der Waals surface area contributed by atoms with Crippen LogP contribution >= 0.6 is 0 Å². The first kappa shape index (κ1) is 22.6.